The largest absolute Gasteiger partial charge is 0.303 e. The smallest absolute Gasteiger partial charge is 0.145 e. The van der Waals surface area contributed by atoms with E-state index in [-0.39, 0.29) is 0 Å². The Kier molecular flexibility index (Phi) is 8.52. The molecule has 0 saturated carbocycles. The van der Waals surface area contributed by atoms with E-state index in [2.05, 4.69) is 6.92 Å². The molecular weight excluding hydrogens is 164 g/mol. The summed E-state index contributed by atoms with van der Waals surface area (Å²) in [6.07, 6.45) is 9.20. The molecule has 0 aromatic heterocycles. The van der Waals surface area contributed by atoms with Gasteiger partial charge in [0, 0.05) is 6.42 Å². The van der Waals surface area contributed by atoms with Crippen LogP contribution in [-0.4, -0.2) is 12.6 Å². The molecule has 2 heteroatoms. The maximum absolute atomic E-state index is 10.5. The maximum atomic E-state index is 10.5. The number of aldehydes is 2. The second-order valence-corrected chi connectivity index (χ2v) is 3.10. The molecule has 0 fully saturated rings. The molecule has 0 unspecified atom stereocenters. The van der Waals surface area contributed by atoms with Crippen LogP contribution < -0.4 is 0 Å². The van der Waals surface area contributed by atoms with Crippen LogP contribution in [0.2, 0.25) is 0 Å². The number of hydrogen-bond donors (Lipinski definition) is 0. The highest BCUT2D eigenvalue weighted by Gasteiger charge is 1.93. The Bertz CT molecular complexity index is 171. The Morgan fingerprint density at radius 2 is 1.92 bits per heavy atom. The van der Waals surface area contributed by atoms with Crippen molar-refractivity contribution < 1.29 is 9.59 Å². The van der Waals surface area contributed by atoms with Crippen molar-refractivity contribution in [3.63, 3.8) is 0 Å². The Hall–Kier alpha value is -0.920. The molecule has 0 aromatic rings. The zero-order valence-electron chi connectivity index (χ0n) is 8.29. The Balaban J connectivity index is 3.64. The molecule has 0 bridgehead atoms. The van der Waals surface area contributed by atoms with E-state index in [1.54, 1.807) is 0 Å². The van der Waals surface area contributed by atoms with E-state index in [1.807, 2.05) is 6.08 Å². The highest BCUT2D eigenvalue weighted by Crippen LogP contribution is 2.06. The quantitative estimate of drug-likeness (QED) is 0.328. The third-order valence-corrected chi connectivity index (χ3v) is 1.92. The van der Waals surface area contributed by atoms with Gasteiger partial charge in [0.25, 0.3) is 0 Å². The fourth-order valence-electron chi connectivity index (χ4n) is 1.12. The van der Waals surface area contributed by atoms with E-state index in [9.17, 15) is 9.59 Å². The Morgan fingerprint density at radius 1 is 1.15 bits per heavy atom. The van der Waals surface area contributed by atoms with Gasteiger partial charge in [-0.05, 0) is 24.8 Å². The predicted molar refractivity (Wildman–Crippen MR) is 53.6 cm³/mol. The first kappa shape index (κ1) is 12.1. The lowest BCUT2D eigenvalue weighted by Gasteiger charge is -1.96. The van der Waals surface area contributed by atoms with Crippen molar-refractivity contribution in [2.24, 2.45) is 0 Å². The van der Waals surface area contributed by atoms with Crippen molar-refractivity contribution in [3.05, 3.63) is 11.6 Å². The van der Waals surface area contributed by atoms with E-state index >= 15 is 0 Å². The molecule has 74 valence electrons. The topological polar surface area (TPSA) is 34.1 Å². The lowest BCUT2D eigenvalue weighted by Crippen LogP contribution is -1.86. The van der Waals surface area contributed by atoms with Crippen molar-refractivity contribution in [1.82, 2.24) is 0 Å². The lowest BCUT2D eigenvalue weighted by molar-refractivity contribution is -0.107. The first-order chi connectivity index (χ1) is 6.35. The van der Waals surface area contributed by atoms with E-state index in [0.717, 1.165) is 31.0 Å². The van der Waals surface area contributed by atoms with E-state index in [0.29, 0.717) is 12.8 Å². The maximum Gasteiger partial charge on any atom is 0.145 e. The highest BCUT2D eigenvalue weighted by molar-refractivity contribution is 5.73. The van der Waals surface area contributed by atoms with Crippen molar-refractivity contribution in [2.45, 2.75) is 45.4 Å². The van der Waals surface area contributed by atoms with Gasteiger partial charge >= 0.3 is 0 Å². The summed E-state index contributed by atoms with van der Waals surface area (Å²) < 4.78 is 0. The average molecular weight is 182 g/mol. The van der Waals surface area contributed by atoms with Crippen LogP contribution in [0.25, 0.3) is 0 Å². The number of rotatable bonds is 8. The SMILES string of the molecule is CCCCC/C=C(\C=O)CCC=O. The second-order valence-electron chi connectivity index (χ2n) is 3.10. The summed E-state index contributed by atoms with van der Waals surface area (Å²) in [7, 11) is 0. The molecule has 0 aliphatic rings. The highest BCUT2D eigenvalue weighted by atomic mass is 16.1. The third-order valence-electron chi connectivity index (χ3n) is 1.92. The minimum absolute atomic E-state index is 0.457. The van der Waals surface area contributed by atoms with Crippen molar-refractivity contribution in [3.8, 4) is 0 Å². The normalized spacial score (nSPS) is 11.3. The van der Waals surface area contributed by atoms with Gasteiger partial charge in [-0.1, -0.05) is 25.8 Å². The van der Waals surface area contributed by atoms with Crippen molar-refractivity contribution in [2.75, 3.05) is 0 Å². The third kappa shape index (κ3) is 7.44. The molecule has 0 radical (unpaired) electrons. The lowest BCUT2D eigenvalue weighted by atomic mass is 10.1. The molecule has 13 heavy (non-hydrogen) atoms. The minimum atomic E-state index is 0.457. The molecule has 0 aromatic carbocycles. The number of carbonyl (C=O) groups is 2. The fourth-order valence-corrected chi connectivity index (χ4v) is 1.12. The summed E-state index contributed by atoms with van der Waals surface area (Å²) in [5.74, 6) is 0. The zero-order valence-corrected chi connectivity index (χ0v) is 8.29. The van der Waals surface area contributed by atoms with Crippen LogP contribution in [0.5, 0.6) is 0 Å². The van der Waals surface area contributed by atoms with Crippen LogP contribution in [0, 0.1) is 0 Å². The van der Waals surface area contributed by atoms with Gasteiger partial charge < -0.3 is 4.79 Å². The van der Waals surface area contributed by atoms with E-state index in [1.165, 1.54) is 12.8 Å². The van der Waals surface area contributed by atoms with Crippen LogP contribution in [0.4, 0.5) is 0 Å². The Labute approximate surface area is 80.0 Å². The van der Waals surface area contributed by atoms with Crippen molar-refractivity contribution >= 4 is 12.6 Å². The molecule has 0 saturated heterocycles. The number of carbonyl (C=O) groups excluding carboxylic acids is 2. The molecule has 0 amide bonds. The second kappa shape index (κ2) is 9.17. The fraction of sp³-hybridized carbons (Fsp3) is 0.636. The van der Waals surface area contributed by atoms with Gasteiger partial charge in [0.15, 0.2) is 0 Å². The zero-order chi connectivity index (χ0) is 9.94. The monoisotopic (exact) mass is 182 g/mol. The molecule has 0 atom stereocenters. The summed E-state index contributed by atoms with van der Waals surface area (Å²) in [6.45, 7) is 2.15. The first-order valence-electron chi connectivity index (χ1n) is 4.93. The number of hydrogen-bond acceptors (Lipinski definition) is 2. The van der Waals surface area contributed by atoms with Gasteiger partial charge in [0.05, 0.1) is 0 Å². The molecule has 0 rings (SSSR count). The average Bonchev–Trinajstić information content (AvgIpc) is 2.17. The summed E-state index contributed by atoms with van der Waals surface area (Å²) in [6, 6.07) is 0. The van der Waals surface area contributed by atoms with Gasteiger partial charge in [0.2, 0.25) is 0 Å². The Morgan fingerprint density at radius 3 is 2.46 bits per heavy atom. The van der Waals surface area contributed by atoms with Gasteiger partial charge in [-0.2, -0.15) is 0 Å². The number of allylic oxidation sites excluding steroid dienone is 2. The summed E-state index contributed by atoms with van der Waals surface area (Å²) in [5, 5.41) is 0. The molecule has 0 aliphatic heterocycles. The van der Waals surface area contributed by atoms with Crippen LogP contribution in [0.1, 0.15) is 45.4 Å². The molecule has 0 spiro atoms. The van der Waals surface area contributed by atoms with Crippen LogP contribution >= 0.6 is 0 Å². The summed E-state index contributed by atoms with van der Waals surface area (Å²) in [5.41, 5.74) is 0.767. The standard InChI is InChI=1S/C11H18O2/c1-2-3-4-5-7-11(10-13)8-6-9-12/h7,9-10H,2-6,8H2,1H3/b11-7-. The molecule has 0 heterocycles. The van der Waals surface area contributed by atoms with E-state index < -0.39 is 0 Å². The van der Waals surface area contributed by atoms with Crippen LogP contribution in [-0.2, 0) is 9.59 Å². The predicted octanol–water partition coefficient (Wildman–Crippen LogP) is 2.67. The minimum Gasteiger partial charge on any atom is -0.303 e. The van der Waals surface area contributed by atoms with Crippen LogP contribution in [0.3, 0.4) is 0 Å². The van der Waals surface area contributed by atoms with E-state index in [4.69, 9.17) is 0 Å². The van der Waals surface area contributed by atoms with Gasteiger partial charge in [-0.25, -0.2) is 0 Å². The summed E-state index contributed by atoms with van der Waals surface area (Å²) >= 11 is 0. The molecular formula is C11H18O2. The van der Waals surface area contributed by atoms with Gasteiger partial charge in [0.1, 0.15) is 12.6 Å². The molecule has 2 nitrogen and oxygen atoms in total. The van der Waals surface area contributed by atoms with Gasteiger partial charge in [-0.3, -0.25) is 4.79 Å². The number of unbranched alkanes of at least 4 members (excludes halogenated alkanes) is 3. The van der Waals surface area contributed by atoms with Gasteiger partial charge in [-0.15, -0.1) is 0 Å². The van der Waals surface area contributed by atoms with Crippen LogP contribution in [0.15, 0.2) is 11.6 Å². The first-order valence-corrected chi connectivity index (χ1v) is 4.93. The summed E-state index contributed by atoms with van der Waals surface area (Å²) in [4.78, 5) is 20.5. The van der Waals surface area contributed by atoms with Crippen molar-refractivity contribution in [1.29, 1.82) is 0 Å². The molecule has 0 N–H and O–H groups in total. The molecule has 0 aliphatic carbocycles.